The number of nitrogens with zero attached hydrogens (tertiary/aromatic N) is 2. The highest BCUT2D eigenvalue weighted by Crippen LogP contribution is 2.26. The number of benzene rings is 1. The number of carboxylic acid groups (broad SMARTS) is 1. The molecule has 78 valence electrons. The number of fused-ring (bicyclic) bond motifs is 1. The number of hydrogen-bond acceptors (Lipinski definition) is 3. The van der Waals surface area contributed by atoms with Crippen LogP contribution < -0.4 is 0 Å². The Hall–Kier alpha value is -2.12. The summed E-state index contributed by atoms with van der Waals surface area (Å²) < 4.78 is 0. The van der Waals surface area contributed by atoms with Crippen molar-refractivity contribution in [3.8, 4) is 6.07 Å². The van der Waals surface area contributed by atoms with E-state index >= 15 is 0 Å². The van der Waals surface area contributed by atoms with Crippen LogP contribution in [0.5, 0.6) is 0 Å². The highest BCUT2D eigenvalue weighted by Gasteiger charge is 2.09. The summed E-state index contributed by atoms with van der Waals surface area (Å²) in [5.41, 5.74) is 0.914. The minimum absolute atomic E-state index is 0.117. The van der Waals surface area contributed by atoms with E-state index in [1.54, 1.807) is 6.07 Å². The molecule has 2 rings (SSSR count). The van der Waals surface area contributed by atoms with Gasteiger partial charge in [0.25, 0.3) is 0 Å². The topological polar surface area (TPSA) is 74.0 Å². The molecule has 1 aromatic carbocycles. The summed E-state index contributed by atoms with van der Waals surface area (Å²) in [7, 11) is 0. The number of pyridine rings is 1. The molecule has 1 aromatic heterocycles. The highest BCUT2D eigenvalue weighted by molar-refractivity contribution is 6.36. The normalized spacial score (nSPS) is 10.0. The van der Waals surface area contributed by atoms with Crippen LogP contribution in [0.1, 0.15) is 15.9 Å². The smallest absolute Gasteiger partial charge is 0.335 e. The van der Waals surface area contributed by atoms with Crippen LogP contribution >= 0.6 is 11.6 Å². The zero-order valence-corrected chi connectivity index (χ0v) is 8.69. The van der Waals surface area contributed by atoms with Gasteiger partial charge in [0.2, 0.25) is 0 Å². The quantitative estimate of drug-likeness (QED) is 0.820. The third-order valence-corrected chi connectivity index (χ3v) is 2.58. The molecule has 0 aliphatic carbocycles. The van der Waals surface area contributed by atoms with E-state index in [4.69, 9.17) is 22.0 Å². The average Bonchev–Trinajstić information content (AvgIpc) is 2.29. The summed E-state index contributed by atoms with van der Waals surface area (Å²) in [6, 6.07) is 6.31. The van der Waals surface area contributed by atoms with Crippen LogP contribution in [0.4, 0.5) is 0 Å². The van der Waals surface area contributed by atoms with Crippen molar-refractivity contribution < 1.29 is 9.90 Å². The maximum atomic E-state index is 10.8. The summed E-state index contributed by atoms with van der Waals surface area (Å²) >= 11 is 5.96. The minimum atomic E-state index is -1.04. The molecule has 0 radical (unpaired) electrons. The summed E-state index contributed by atoms with van der Waals surface area (Å²) in [6.07, 6.45) is 1.37. The largest absolute Gasteiger partial charge is 0.478 e. The van der Waals surface area contributed by atoms with Gasteiger partial charge >= 0.3 is 5.97 Å². The summed E-state index contributed by atoms with van der Waals surface area (Å²) in [4.78, 5) is 14.8. The second kappa shape index (κ2) is 3.80. The van der Waals surface area contributed by atoms with Gasteiger partial charge in [-0.1, -0.05) is 11.6 Å². The molecule has 5 heteroatoms. The fourth-order valence-corrected chi connectivity index (χ4v) is 1.61. The van der Waals surface area contributed by atoms with Crippen molar-refractivity contribution in [1.29, 1.82) is 5.26 Å². The van der Waals surface area contributed by atoms with E-state index in [-0.39, 0.29) is 16.1 Å². The van der Waals surface area contributed by atoms with E-state index in [9.17, 15) is 4.79 Å². The van der Waals surface area contributed by atoms with Crippen LogP contribution in [-0.4, -0.2) is 16.1 Å². The molecule has 0 bridgehead atoms. The van der Waals surface area contributed by atoms with E-state index in [2.05, 4.69) is 4.98 Å². The lowest BCUT2D eigenvalue weighted by Gasteiger charge is -2.02. The minimum Gasteiger partial charge on any atom is -0.478 e. The first kappa shape index (κ1) is 10.4. The predicted molar refractivity (Wildman–Crippen MR) is 58.4 cm³/mol. The molecule has 0 atom stereocenters. The second-order valence-corrected chi connectivity index (χ2v) is 3.51. The van der Waals surface area contributed by atoms with Crippen molar-refractivity contribution in [2.24, 2.45) is 0 Å². The summed E-state index contributed by atoms with van der Waals surface area (Å²) in [6.45, 7) is 0. The maximum absolute atomic E-state index is 10.8. The lowest BCUT2D eigenvalue weighted by molar-refractivity contribution is 0.0697. The molecule has 16 heavy (non-hydrogen) atoms. The van der Waals surface area contributed by atoms with Gasteiger partial charge in [-0.15, -0.1) is 0 Å². The molecule has 4 nitrogen and oxygen atoms in total. The van der Waals surface area contributed by atoms with Crippen LogP contribution in [0.3, 0.4) is 0 Å². The summed E-state index contributed by atoms with van der Waals surface area (Å²) in [5.74, 6) is -1.04. The van der Waals surface area contributed by atoms with Crippen LogP contribution in [0.15, 0.2) is 24.4 Å². The molecule has 0 amide bonds. The van der Waals surface area contributed by atoms with Crippen molar-refractivity contribution in [2.75, 3.05) is 0 Å². The number of aromatic carboxylic acids is 1. The van der Waals surface area contributed by atoms with E-state index in [0.717, 1.165) is 0 Å². The number of rotatable bonds is 1. The number of aromatic nitrogens is 1. The molecule has 0 fully saturated rings. The molecule has 0 unspecified atom stereocenters. The van der Waals surface area contributed by atoms with Crippen LogP contribution in [-0.2, 0) is 0 Å². The van der Waals surface area contributed by atoms with Gasteiger partial charge in [-0.2, -0.15) is 5.26 Å². The van der Waals surface area contributed by atoms with Crippen molar-refractivity contribution in [1.82, 2.24) is 4.98 Å². The van der Waals surface area contributed by atoms with Crippen molar-refractivity contribution in [3.63, 3.8) is 0 Å². The summed E-state index contributed by atoms with van der Waals surface area (Å²) in [5, 5.41) is 18.3. The van der Waals surface area contributed by atoms with Crippen molar-refractivity contribution in [2.45, 2.75) is 0 Å². The predicted octanol–water partition coefficient (Wildman–Crippen LogP) is 2.46. The Kier molecular flexibility index (Phi) is 2.47. The van der Waals surface area contributed by atoms with Crippen LogP contribution in [0.2, 0.25) is 5.02 Å². The van der Waals surface area contributed by atoms with E-state index in [1.807, 2.05) is 6.07 Å². The second-order valence-electron chi connectivity index (χ2n) is 3.13. The standard InChI is InChI=1S/C11H5ClN2O2/c12-10-7(4-13)5-14-9-2-1-6(11(15)16)3-8(9)10/h1-3,5H,(H,15,16). The Labute approximate surface area is 95.7 Å². The van der Waals surface area contributed by atoms with E-state index in [0.29, 0.717) is 10.9 Å². The molecule has 2 aromatic rings. The van der Waals surface area contributed by atoms with Gasteiger partial charge in [0.1, 0.15) is 6.07 Å². The molecular formula is C11H5ClN2O2. The fraction of sp³-hybridized carbons (Fsp3) is 0. The molecule has 0 saturated carbocycles. The highest BCUT2D eigenvalue weighted by atomic mass is 35.5. The Morgan fingerprint density at radius 2 is 2.25 bits per heavy atom. The molecule has 1 heterocycles. The Morgan fingerprint density at radius 1 is 1.50 bits per heavy atom. The maximum Gasteiger partial charge on any atom is 0.335 e. The van der Waals surface area contributed by atoms with Gasteiger partial charge in [0.05, 0.1) is 21.7 Å². The fourth-order valence-electron chi connectivity index (χ4n) is 1.37. The van der Waals surface area contributed by atoms with E-state index in [1.165, 1.54) is 18.3 Å². The molecule has 1 N–H and O–H groups in total. The van der Waals surface area contributed by atoms with Gasteiger partial charge in [0.15, 0.2) is 0 Å². The van der Waals surface area contributed by atoms with Gasteiger partial charge in [-0.3, -0.25) is 4.98 Å². The molecule has 0 aliphatic rings. The number of nitriles is 1. The number of carboxylic acids is 1. The number of hydrogen-bond donors (Lipinski definition) is 1. The third-order valence-electron chi connectivity index (χ3n) is 2.17. The monoisotopic (exact) mass is 232 g/mol. The number of halogens is 1. The van der Waals surface area contributed by atoms with Gasteiger partial charge in [0, 0.05) is 11.6 Å². The van der Waals surface area contributed by atoms with Crippen molar-refractivity contribution in [3.05, 3.63) is 40.5 Å². The molecule has 0 aliphatic heterocycles. The lowest BCUT2D eigenvalue weighted by Crippen LogP contribution is -1.96. The van der Waals surface area contributed by atoms with Gasteiger partial charge in [-0.25, -0.2) is 4.79 Å². The first-order valence-corrected chi connectivity index (χ1v) is 4.73. The number of carbonyl (C=O) groups is 1. The lowest BCUT2D eigenvalue weighted by atomic mass is 10.1. The first-order chi connectivity index (χ1) is 7.63. The Bertz CT molecular complexity index is 632. The van der Waals surface area contributed by atoms with Crippen LogP contribution in [0, 0.1) is 11.3 Å². The van der Waals surface area contributed by atoms with Gasteiger partial charge < -0.3 is 5.11 Å². The SMILES string of the molecule is N#Cc1cnc2ccc(C(=O)O)cc2c1Cl. The molecule has 0 saturated heterocycles. The van der Waals surface area contributed by atoms with Crippen LogP contribution in [0.25, 0.3) is 10.9 Å². The zero-order valence-electron chi connectivity index (χ0n) is 7.94. The molecular weight excluding hydrogens is 228 g/mol. The Balaban J connectivity index is 2.80. The molecule has 0 spiro atoms. The zero-order chi connectivity index (χ0) is 11.7. The van der Waals surface area contributed by atoms with E-state index < -0.39 is 5.97 Å². The first-order valence-electron chi connectivity index (χ1n) is 4.35. The average molecular weight is 233 g/mol. The van der Waals surface area contributed by atoms with Gasteiger partial charge in [-0.05, 0) is 18.2 Å². The Morgan fingerprint density at radius 3 is 2.88 bits per heavy atom. The third kappa shape index (κ3) is 1.58. The van der Waals surface area contributed by atoms with Crippen molar-refractivity contribution >= 4 is 28.5 Å².